The van der Waals surface area contributed by atoms with Crippen LogP contribution in [-0.2, 0) is 4.79 Å². The third kappa shape index (κ3) is 2.66. The number of thiocarbonyl (C=S) groups is 1. The minimum atomic E-state index is -0.103. The lowest BCUT2D eigenvalue weighted by Crippen LogP contribution is -2.29. The van der Waals surface area contributed by atoms with Crippen LogP contribution in [0.15, 0.2) is 82.9 Å². The Hall–Kier alpha value is -3.44. The molecule has 0 atom stereocenters. The summed E-state index contributed by atoms with van der Waals surface area (Å²) in [5.74, 6) is -0.103. The summed E-state index contributed by atoms with van der Waals surface area (Å²) in [6, 6.07) is 23.8. The van der Waals surface area contributed by atoms with Gasteiger partial charge in [0.15, 0.2) is 5.11 Å². The Morgan fingerprint density at radius 2 is 1.59 bits per heavy atom. The summed E-state index contributed by atoms with van der Waals surface area (Å²) in [7, 11) is 1.72. The average Bonchev–Trinajstić information content (AvgIpc) is 3.23. The van der Waals surface area contributed by atoms with E-state index in [0.717, 1.165) is 38.8 Å². The first kappa shape index (κ1) is 17.6. The van der Waals surface area contributed by atoms with Crippen LogP contribution in [0.25, 0.3) is 27.5 Å². The van der Waals surface area contributed by atoms with E-state index >= 15 is 0 Å². The van der Waals surface area contributed by atoms with Crippen molar-refractivity contribution >= 4 is 56.4 Å². The number of nitrogens with zero attached hydrogens (tertiary/aromatic N) is 2. The van der Waals surface area contributed by atoms with E-state index in [1.165, 1.54) is 4.90 Å². The molecule has 1 aliphatic heterocycles. The van der Waals surface area contributed by atoms with Crippen molar-refractivity contribution in [3.8, 4) is 0 Å². The number of carbonyl (C=O) groups is 1. The lowest BCUT2D eigenvalue weighted by Gasteiger charge is -2.20. The van der Waals surface area contributed by atoms with Crippen LogP contribution in [0.1, 0.15) is 12.5 Å². The first-order valence-electron chi connectivity index (χ1n) is 9.36. The number of furan rings is 1. The molecule has 0 N–H and O–H groups in total. The topological polar surface area (TPSA) is 36.7 Å². The fourth-order valence-electron chi connectivity index (χ4n) is 3.83. The Balaban J connectivity index is 1.72. The molecule has 1 amide bonds. The Bertz CT molecular complexity index is 1320. The highest BCUT2D eigenvalue weighted by molar-refractivity contribution is 7.80. The predicted octanol–water partition coefficient (Wildman–Crippen LogP) is 5.58. The molecule has 1 fully saturated rings. The van der Waals surface area contributed by atoms with Crippen LogP contribution in [0.2, 0.25) is 0 Å². The van der Waals surface area contributed by atoms with Crippen LogP contribution >= 0.6 is 12.2 Å². The number of benzene rings is 3. The molecule has 1 aromatic heterocycles. The second-order valence-corrected chi connectivity index (χ2v) is 7.47. The predicted molar refractivity (Wildman–Crippen MR) is 121 cm³/mol. The van der Waals surface area contributed by atoms with E-state index in [-0.39, 0.29) is 5.91 Å². The van der Waals surface area contributed by atoms with Gasteiger partial charge < -0.3 is 4.42 Å². The molecule has 1 saturated heterocycles. The molecule has 0 spiro atoms. The summed E-state index contributed by atoms with van der Waals surface area (Å²) in [5, 5.41) is 2.57. The van der Waals surface area contributed by atoms with Gasteiger partial charge in [-0.2, -0.15) is 0 Å². The van der Waals surface area contributed by atoms with Crippen molar-refractivity contribution in [2.24, 2.45) is 0 Å². The van der Waals surface area contributed by atoms with Crippen LogP contribution in [0.3, 0.4) is 0 Å². The number of hydrogen-bond donors (Lipinski definition) is 0. The molecule has 5 heteroatoms. The second-order valence-electron chi connectivity index (χ2n) is 7.10. The van der Waals surface area contributed by atoms with Crippen LogP contribution in [0.4, 0.5) is 5.69 Å². The van der Waals surface area contributed by atoms with Crippen LogP contribution in [0.5, 0.6) is 0 Å². The lowest BCUT2D eigenvalue weighted by molar-refractivity contribution is -0.121. The molecule has 29 heavy (non-hydrogen) atoms. The highest BCUT2D eigenvalue weighted by atomic mass is 32.1. The number of allylic oxidation sites excluding steroid dienone is 1. The molecule has 0 radical (unpaired) electrons. The maximum absolute atomic E-state index is 13.1. The molecule has 3 aromatic carbocycles. The maximum atomic E-state index is 13.1. The highest BCUT2D eigenvalue weighted by Crippen LogP contribution is 2.35. The number of fused-ring (bicyclic) bond motifs is 3. The van der Waals surface area contributed by atoms with Gasteiger partial charge in [-0.25, -0.2) is 0 Å². The van der Waals surface area contributed by atoms with Gasteiger partial charge in [-0.1, -0.05) is 42.5 Å². The molecule has 4 nitrogen and oxygen atoms in total. The van der Waals surface area contributed by atoms with E-state index in [1.54, 1.807) is 7.05 Å². The van der Waals surface area contributed by atoms with Crippen molar-refractivity contribution in [1.82, 2.24) is 4.90 Å². The van der Waals surface area contributed by atoms with Gasteiger partial charge in [0.25, 0.3) is 5.91 Å². The zero-order chi connectivity index (χ0) is 20.1. The van der Waals surface area contributed by atoms with Crippen molar-refractivity contribution in [2.75, 3.05) is 11.9 Å². The summed E-state index contributed by atoms with van der Waals surface area (Å²) in [5.41, 5.74) is 4.98. The fourth-order valence-corrected chi connectivity index (χ4v) is 4.11. The third-order valence-electron chi connectivity index (χ3n) is 5.39. The zero-order valence-corrected chi connectivity index (χ0v) is 16.9. The molecule has 4 aromatic rings. The number of anilines is 1. The third-order valence-corrected chi connectivity index (χ3v) is 5.84. The number of amides is 1. The number of para-hydroxylation sites is 2. The normalized spacial score (nSPS) is 16.3. The van der Waals surface area contributed by atoms with E-state index < -0.39 is 0 Å². The van der Waals surface area contributed by atoms with Crippen LogP contribution in [-0.4, -0.2) is 23.0 Å². The molecule has 0 bridgehead atoms. The minimum Gasteiger partial charge on any atom is -0.456 e. The van der Waals surface area contributed by atoms with Gasteiger partial charge in [0.1, 0.15) is 16.9 Å². The number of hydrogen-bond acceptors (Lipinski definition) is 3. The van der Waals surface area contributed by atoms with Gasteiger partial charge in [0.2, 0.25) is 0 Å². The number of carbonyl (C=O) groups excluding carboxylic acids is 1. The molecule has 142 valence electrons. The fraction of sp³-hybridized carbons (Fsp3) is 0.0833. The average molecular weight is 398 g/mol. The summed E-state index contributed by atoms with van der Waals surface area (Å²) in [4.78, 5) is 16.4. The van der Waals surface area contributed by atoms with Gasteiger partial charge >= 0.3 is 0 Å². The van der Waals surface area contributed by atoms with Crippen molar-refractivity contribution in [3.63, 3.8) is 0 Å². The summed E-state index contributed by atoms with van der Waals surface area (Å²) in [6.07, 6.45) is 0. The Labute approximate surface area is 173 Å². The summed E-state index contributed by atoms with van der Waals surface area (Å²) < 4.78 is 5.94. The molecule has 0 saturated carbocycles. The molecule has 1 aliphatic rings. The molecule has 2 heterocycles. The Morgan fingerprint density at radius 3 is 2.38 bits per heavy atom. The SMILES string of the molecule is CC(=C1C(=O)N(C)C(=S)N1c1ccccc1)c1ccc2oc3ccccc3c2c1. The van der Waals surface area contributed by atoms with E-state index in [0.29, 0.717) is 10.8 Å². The second kappa shape index (κ2) is 6.57. The standard InChI is InChI=1S/C24H18N2O2S/c1-15(16-12-13-21-19(14-16)18-10-6-7-11-20(18)28-21)22-23(27)25(2)24(29)26(22)17-8-4-3-5-9-17/h3-14H,1-2H3. The quantitative estimate of drug-likeness (QED) is 0.326. The number of rotatable bonds is 2. The Morgan fingerprint density at radius 1 is 0.897 bits per heavy atom. The van der Waals surface area contributed by atoms with Gasteiger partial charge in [0, 0.05) is 23.5 Å². The van der Waals surface area contributed by atoms with Crippen LogP contribution < -0.4 is 4.90 Å². The van der Waals surface area contributed by atoms with Gasteiger partial charge in [-0.05, 0) is 60.6 Å². The van der Waals surface area contributed by atoms with Gasteiger partial charge in [0.05, 0.1) is 0 Å². The molecule has 5 rings (SSSR count). The molecular formula is C24H18N2O2S. The van der Waals surface area contributed by atoms with Crippen molar-refractivity contribution in [3.05, 3.63) is 84.1 Å². The first-order chi connectivity index (χ1) is 14.1. The highest BCUT2D eigenvalue weighted by Gasteiger charge is 2.38. The monoisotopic (exact) mass is 398 g/mol. The van der Waals surface area contributed by atoms with Crippen molar-refractivity contribution in [1.29, 1.82) is 0 Å². The van der Waals surface area contributed by atoms with Gasteiger partial charge in [-0.15, -0.1) is 0 Å². The molecular weight excluding hydrogens is 380 g/mol. The first-order valence-corrected chi connectivity index (χ1v) is 9.77. The number of likely N-dealkylation sites (N-methyl/N-ethyl adjacent to an activating group) is 1. The van der Waals surface area contributed by atoms with Gasteiger partial charge in [-0.3, -0.25) is 14.6 Å². The van der Waals surface area contributed by atoms with E-state index in [1.807, 2.05) is 78.6 Å². The van der Waals surface area contributed by atoms with Crippen molar-refractivity contribution in [2.45, 2.75) is 6.92 Å². The molecule has 0 aliphatic carbocycles. The summed E-state index contributed by atoms with van der Waals surface area (Å²) >= 11 is 5.58. The van der Waals surface area contributed by atoms with E-state index in [2.05, 4.69) is 6.07 Å². The lowest BCUT2D eigenvalue weighted by atomic mass is 10.0. The largest absolute Gasteiger partial charge is 0.456 e. The minimum absolute atomic E-state index is 0.103. The maximum Gasteiger partial charge on any atom is 0.277 e. The van der Waals surface area contributed by atoms with E-state index in [9.17, 15) is 4.79 Å². The van der Waals surface area contributed by atoms with Crippen LogP contribution in [0, 0.1) is 0 Å². The smallest absolute Gasteiger partial charge is 0.277 e. The van der Waals surface area contributed by atoms with E-state index in [4.69, 9.17) is 16.6 Å². The Kier molecular flexibility index (Phi) is 4.00. The van der Waals surface area contributed by atoms with Crippen molar-refractivity contribution < 1.29 is 9.21 Å². The summed E-state index contributed by atoms with van der Waals surface area (Å²) in [6.45, 7) is 1.97. The zero-order valence-electron chi connectivity index (χ0n) is 16.0. The molecule has 0 unspecified atom stereocenters.